The number of likely N-dealkylation sites (tertiary alicyclic amines) is 1. The van der Waals surface area contributed by atoms with Crippen LogP contribution in [0.4, 0.5) is 13.2 Å². The summed E-state index contributed by atoms with van der Waals surface area (Å²) in [6.45, 7) is -0.0744. The SMILES string of the molecule is O=C(O)CSCC(=O)NC1CC(=O)N(Cc2ccccc2C(F)(F)F)C1. The molecule has 1 unspecified atom stereocenters. The van der Waals surface area contributed by atoms with Crippen molar-refractivity contribution < 1.29 is 32.7 Å². The van der Waals surface area contributed by atoms with E-state index in [2.05, 4.69) is 5.32 Å². The van der Waals surface area contributed by atoms with Crippen LogP contribution < -0.4 is 5.32 Å². The van der Waals surface area contributed by atoms with Gasteiger partial charge in [-0.3, -0.25) is 14.4 Å². The van der Waals surface area contributed by atoms with Gasteiger partial charge in [0.05, 0.1) is 23.1 Å². The van der Waals surface area contributed by atoms with Crippen LogP contribution in [-0.4, -0.2) is 51.9 Å². The van der Waals surface area contributed by atoms with Crippen LogP contribution in [0, 0.1) is 0 Å². The first-order valence-electron chi connectivity index (χ1n) is 7.68. The normalized spacial score (nSPS) is 17.4. The fourth-order valence-electron chi connectivity index (χ4n) is 2.66. The van der Waals surface area contributed by atoms with Crippen LogP contribution in [0.2, 0.25) is 0 Å². The molecule has 0 aromatic heterocycles. The zero-order chi connectivity index (χ0) is 19.3. The predicted molar refractivity (Wildman–Crippen MR) is 88.4 cm³/mol. The van der Waals surface area contributed by atoms with Gasteiger partial charge in [0.15, 0.2) is 0 Å². The van der Waals surface area contributed by atoms with Gasteiger partial charge in [-0.1, -0.05) is 18.2 Å². The van der Waals surface area contributed by atoms with Gasteiger partial charge in [0, 0.05) is 19.5 Å². The molecule has 6 nitrogen and oxygen atoms in total. The van der Waals surface area contributed by atoms with Crippen molar-refractivity contribution in [3.05, 3.63) is 35.4 Å². The topological polar surface area (TPSA) is 86.7 Å². The summed E-state index contributed by atoms with van der Waals surface area (Å²) >= 11 is 0.927. The molecule has 1 heterocycles. The fraction of sp³-hybridized carbons (Fsp3) is 0.438. The summed E-state index contributed by atoms with van der Waals surface area (Å²) in [7, 11) is 0. The molecule has 26 heavy (non-hydrogen) atoms. The molecule has 142 valence electrons. The van der Waals surface area contributed by atoms with Gasteiger partial charge >= 0.3 is 12.1 Å². The lowest BCUT2D eigenvalue weighted by molar-refractivity contribution is -0.139. The van der Waals surface area contributed by atoms with Crippen molar-refractivity contribution >= 4 is 29.5 Å². The minimum atomic E-state index is -4.51. The molecule has 2 amide bonds. The number of carbonyl (C=O) groups excluding carboxylic acids is 2. The third-order valence-electron chi connectivity index (χ3n) is 3.72. The van der Waals surface area contributed by atoms with E-state index in [-0.39, 0.29) is 42.5 Å². The van der Waals surface area contributed by atoms with Crippen LogP contribution in [0.1, 0.15) is 17.5 Å². The van der Waals surface area contributed by atoms with Gasteiger partial charge < -0.3 is 15.3 Å². The van der Waals surface area contributed by atoms with E-state index < -0.39 is 29.7 Å². The molecule has 0 spiro atoms. The van der Waals surface area contributed by atoms with Crippen LogP contribution in [0.25, 0.3) is 0 Å². The fourth-order valence-corrected chi connectivity index (χ4v) is 3.21. The van der Waals surface area contributed by atoms with Gasteiger partial charge in [0.1, 0.15) is 0 Å². The van der Waals surface area contributed by atoms with Crippen LogP contribution in [0.15, 0.2) is 24.3 Å². The lowest BCUT2D eigenvalue weighted by atomic mass is 10.1. The number of thioether (sulfide) groups is 1. The van der Waals surface area contributed by atoms with Crippen LogP contribution >= 0.6 is 11.8 Å². The van der Waals surface area contributed by atoms with Crippen molar-refractivity contribution in [2.45, 2.75) is 25.2 Å². The van der Waals surface area contributed by atoms with E-state index in [1.54, 1.807) is 0 Å². The van der Waals surface area contributed by atoms with E-state index in [1.807, 2.05) is 0 Å². The third kappa shape index (κ3) is 5.65. The Morgan fingerprint density at radius 3 is 2.62 bits per heavy atom. The highest BCUT2D eigenvalue weighted by Gasteiger charge is 2.35. The van der Waals surface area contributed by atoms with Crippen molar-refractivity contribution in [1.29, 1.82) is 0 Å². The molecule has 1 aliphatic heterocycles. The molecular weight excluding hydrogens is 373 g/mol. The van der Waals surface area contributed by atoms with Gasteiger partial charge in [-0.2, -0.15) is 13.2 Å². The van der Waals surface area contributed by atoms with E-state index in [0.717, 1.165) is 17.8 Å². The largest absolute Gasteiger partial charge is 0.481 e. The van der Waals surface area contributed by atoms with Gasteiger partial charge in [-0.25, -0.2) is 0 Å². The Hall–Kier alpha value is -2.23. The Morgan fingerprint density at radius 1 is 1.27 bits per heavy atom. The summed E-state index contributed by atoms with van der Waals surface area (Å²) < 4.78 is 39.1. The number of amides is 2. The summed E-state index contributed by atoms with van der Waals surface area (Å²) in [5.74, 6) is -2.06. The van der Waals surface area contributed by atoms with E-state index in [0.29, 0.717) is 0 Å². The highest BCUT2D eigenvalue weighted by molar-refractivity contribution is 8.00. The summed E-state index contributed by atoms with van der Waals surface area (Å²) in [4.78, 5) is 35.5. The summed E-state index contributed by atoms with van der Waals surface area (Å²) in [6, 6.07) is 4.55. The second-order valence-electron chi connectivity index (χ2n) is 5.78. The quantitative estimate of drug-likeness (QED) is 0.741. The second-order valence-corrected chi connectivity index (χ2v) is 6.77. The number of alkyl halides is 3. The minimum Gasteiger partial charge on any atom is -0.481 e. The molecule has 10 heteroatoms. The number of benzene rings is 1. The molecule has 1 aliphatic rings. The molecule has 1 fully saturated rings. The number of carbonyl (C=O) groups is 3. The Bertz CT molecular complexity index is 696. The number of hydrogen-bond donors (Lipinski definition) is 2. The highest BCUT2D eigenvalue weighted by Crippen LogP contribution is 2.32. The zero-order valence-corrected chi connectivity index (χ0v) is 14.4. The third-order valence-corrected chi connectivity index (χ3v) is 4.64. The number of aliphatic carboxylic acids is 1. The van der Waals surface area contributed by atoms with E-state index >= 15 is 0 Å². The standard InChI is InChI=1S/C16H17F3N2O4S/c17-16(18,19)12-4-2-1-3-10(12)6-21-7-11(5-14(21)23)20-13(22)8-26-9-15(24)25/h1-4,11H,5-9H2,(H,20,22)(H,24,25). The Labute approximate surface area is 151 Å². The van der Waals surface area contributed by atoms with Gasteiger partial charge in [-0.05, 0) is 11.6 Å². The summed E-state index contributed by atoms with van der Waals surface area (Å²) in [5, 5.41) is 11.1. The molecule has 1 atom stereocenters. The number of nitrogens with zero attached hydrogens (tertiary/aromatic N) is 1. The maximum Gasteiger partial charge on any atom is 0.416 e. The molecular formula is C16H17F3N2O4S. The monoisotopic (exact) mass is 390 g/mol. The van der Waals surface area contributed by atoms with Crippen molar-refractivity contribution in [2.75, 3.05) is 18.1 Å². The van der Waals surface area contributed by atoms with Crippen molar-refractivity contribution in [3.63, 3.8) is 0 Å². The van der Waals surface area contributed by atoms with Crippen molar-refractivity contribution in [2.24, 2.45) is 0 Å². The average Bonchev–Trinajstić information content (AvgIpc) is 2.85. The first-order valence-corrected chi connectivity index (χ1v) is 8.84. The van der Waals surface area contributed by atoms with E-state index in [4.69, 9.17) is 5.11 Å². The van der Waals surface area contributed by atoms with Gasteiger partial charge in [0.2, 0.25) is 11.8 Å². The van der Waals surface area contributed by atoms with E-state index in [1.165, 1.54) is 23.1 Å². The number of hydrogen-bond acceptors (Lipinski definition) is 4. The molecule has 2 rings (SSSR count). The number of nitrogens with one attached hydrogen (secondary N) is 1. The lowest BCUT2D eigenvalue weighted by Gasteiger charge is -2.20. The Morgan fingerprint density at radius 2 is 1.96 bits per heavy atom. The average molecular weight is 390 g/mol. The van der Waals surface area contributed by atoms with Gasteiger partial charge in [0.25, 0.3) is 0 Å². The second kappa shape index (κ2) is 8.43. The molecule has 1 aromatic rings. The smallest absolute Gasteiger partial charge is 0.416 e. The molecule has 0 aliphatic carbocycles. The van der Waals surface area contributed by atoms with E-state index in [9.17, 15) is 27.6 Å². The molecule has 0 radical (unpaired) electrons. The first-order chi connectivity index (χ1) is 12.2. The minimum absolute atomic E-state index is 0.00246. The molecule has 1 saturated heterocycles. The molecule has 0 saturated carbocycles. The zero-order valence-electron chi connectivity index (χ0n) is 13.6. The summed E-state index contributed by atoms with van der Waals surface area (Å²) in [6.07, 6.45) is -4.50. The Kier molecular flexibility index (Phi) is 6.52. The van der Waals surface area contributed by atoms with Crippen LogP contribution in [-0.2, 0) is 27.1 Å². The number of halogens is 3. The maximum absolute atomic E-state index is 13.0. The predicted octanol–water partition coefficient (Wildman–Crippen LogP) is 1.74. The highest BCUT2D eigenvalue weighted by atomic mass is 32.2. The molecule has 1 aromatic carbocycles. The van der Waals surface area contributed by atoms with Crippen LogP contribution in [0.5, 0.6) is 0 Å². The van der Waals surface area contributed by atoms with Crippen molar-refractivity contribution in [3.8, 4) is 0 Å². The maximum atomic E-state index is 13.0. The van der Waals surface area contributed by atoms with Gasteiger partial charge in [-0.15, -0.1) is 11.8 Å². The first kappa shape index (κ1) is 20.1. The Balaban J connectivity index is 1.92. The molecule has 0 bridgehead atoms. The number of carboxylic acid groups (broad SMARTS) is 1. The number of carboxylic acids is 1. The van der Waals surface area contributed by atoms with Crippen molar-refractivity contribution in [1.82, 2.24) is 10.2 Å². The van der Waals surface area contributed by atoms with Crippen LogP contribution in [0.3, 0.4) is 0 Å². The molecule has 2 N–H and O–H groups in total. The number of rotatable bonds is 7. The lowest BCUT2D eigenvalue weighted by Crippen LogP contribution is -2.38. The summed E-state index contributed by atoms with van der Waals surface area (Å²) in [5.41, 5.74) is -0.789.